The molecule has 8 heteroatoms. The van der Waals surface area contributed by atoms with Crippen LogP contribution in [0, 0.1) is 18.6 Å². The van der Waals surface area contributed by atoms with Gasteiger partial charge in [0.15, 0.2) is 11.6 Å². The Morgan fingerprint density at radius 2 is 2.04 bits per heavy atom. The van der Waals surface area contributed by atoms with Gasteiger partial charge in [-0.05, 0) is 25.5 Å². The number of hydrogen-bond acceptors (Lipinski definition) is 4. The first-order chi connectivity index (χ1) is 10.8. The van der Waals surface area contributed by atoms with Crippen molar-refractivity contribution in [2.45, 2.75) is 26.8 Å². The number of nitrogens with zero attached hydrogens (tertiary/aromatic N) is 2. The molecule has 6 nitrogen and oxygen atoms in total. The highest BCUT2D eigenvalue weighted by Crippen LogP contribution is 2.13. The first-order valence-electron chi connectivity index (χ1n) is 6.94. The molecule has 1 aromatic heterocycles. The Morgan fingerprint density at radius 1 is 1.35 bits per heavy atom. The smallest absolute Gasteiger partial charge is 0.258 e. The highest BCUT2D eigenvalue weighted by molar-refractivity contribution is 5.90. The number of halogens is 2. The monoisotopic (exact) mass is 322 g/mol. The van der Waals surface area contributed by atoms with Crippen LogP contribution in [-0.2, 0) is 17.8 Å². The van der Waals surface area contributed by atoms with Crippen LogP contribution < -0.4 is 16.6 Å². The zero-order valence-electron chi connectivity index (χ0n) is 12.7. The number of hydrogen-bond donors (Lipinski definition) is 2. The third-order valence-corrected chi connectivity index (χ3v) is 3.36. The summed E-state index contributed by atoms with van der Waals surface area (Å²) in [6.07, 6.45) is 0.549. The molecule has 0 aliphatic heterocycles. The lowest BCUT2D eigenvalue weighted by Gasteiger charge is -2.12. The fourth-order valence-corrected chi connectivity index (χ4v) is 2.13. The molecule has 0 atom stereocenters. The predicted octanol–water partition coefficient (Wildman–Crippen LogP) is 1.61. The zero-order valence-corrected chi connectivity index (χ0v) is 12.7. The van der Waals surface area contributed by atoms with E-state index in [2.05, 4.69) is 10.3 Å². The number of nitrogen functional groups attached to an aromatic ring is 1. The molecule has 0 aliphatic carbocycles. The van der Waals surface area contributed by atoms with E-state index in [1.807, 2.05) is 6.92 Å². The zero-order chi connectivity index (χ0) is 17.1. The van der Waals surface area contributed by atoms with E-state index in [4.69, 9.17) is 5.73 Å². The summed E-state index contributed by atoms with van der Waals surface area (Å²) in [5, 5.41) is 2.37. The third-order valence-electron chi connectivity index (χ3n) is 3.36. The van der Waals surface area contributed by atoms with Crippen LogP contribution in [0.1, 0.15) is 18.2 Å². The maximum atomic E-state index is 13.1. The number of benzene rings is 1. The second-order valence-electron chi connectivity index (χ2n) is 4.96. The second-order valence-corrected chi connectivity index (χ2v) is 4.96. The molecule has 1 amide bonds. The normalized spacial score (nSPS) is 10.6. The molecular weight excluding hydrogens is 306 g/mol. The molecule has 0 bridgehead atoms. The van der Waals surface area contributed by atoms with Gasteiger partial charge in [-0.15, -0.1) is 0 Å². The van der Waals surface area contributed by atoms with Crippen molar-refractivity contribution >= 4 is 17.5 Å². The highest BCUT2D eigenvalue weighted by atomic mass is 19.2. The first kappa shape index (κ1) is 16.6. The quantitative estimate of drug-likeness (QED) is 0.895. The molecule has 122 valence electrons. The van der Waals surface area contributed by atoms with Crippen molar-refractivity contribution in [3.63, 3.8) is 0 Å². The van der Waals surface area contributed by atoms with Gasteiger partial charge in [0.2, 0.25) is 11.9 Å². The van der Waals surface area contributed by atoms with E-state index in [1.54, 1.807) is 6.92 Å². The largest absolute Gasteiger partial charge is 0.369 e. The van der Waals surface area contributed by atoms with Gasteiger partial charge in [-0.2, -0.15) is 0 Å². The Morgan fingerprint density at radius 3 is 2.65 bits per heavy atom. The summed E-state index contributed by atoms with van der Waals surface area (Å²) in [4.78, 5) is 28.3. The van der Waals surface area contributed by atoms with Gasteiger partial charge in [-0.3, -0.25) is 14.2 Å². The topological polar surface area (TPSA) is 90.0 Å². The van der Waals surface area contributed by atoms with Crippen molar-refractivity contribution in [2.24, 2.45) is 0 Å². The molecule has 0 saturated heterocycles. The summed E-state index contributed by atoms with van der Waals surface area (Å²) in [6.45, 7) is 3.08. The van der Waals surface area contributed by atoms with Crippen molar-refractivity contribution in [1.82, 2.24) is 9.55 Å². The number of aromatic nitrogens is 2. The molecule has 23 heavy (non-hydrogen) atoms. The molecule has 2 rings (SSSR count). The maximum absolute atomic E-state index is 13.1. The first-order valence-corrected chi connectivity index (χ1v) is 6.94. The van der Waals surface area contributed by atoms with Gasteiger partial charge in [0.05, 0.1) is 5.69 Å². The Kier molecular flexibility index (Phi) is 4.73. The summed E-state index contributed by atoms with van der Waals surface area (Å²) in [5.41, 5.74) is 6.38. The standard InChI is InChI=1S/C15H16F2N4O2/c1-3-12-8(2)14(23)21(15(18)20-12)7-13(22)19-9-4-5-10(16)11(17)6-9/h4-6H,3,7H2,1-2H3,(H2,18,20)(H,19,22). The number of nitrogens with two attached hydrogens (primary N) is 1. The number of anilines is 2. The van der Waals surface area contributed by atoms with Crippen LogP contribution in [0.5, 0.6) is 0 Å². The van der Waals surface area contributed by atoms with Gasteiger partial charge in [0.25, 0.3) is 5.56 Å². The van der Waals surface area contributed by atoms with E-state index in [9.17, 15) is 18.4 Å². The van der Waals surface area contributed by atoms with Crippen LogP contribution >= 0.6 is 0 Å². The Labute approximate surface area is 131 Å². The van der Waals surface area contributed by atoms with Crippen LogP contribution in [0.15, 0.2) is 23.0 Å². The molecule has 0 aliphatic rings. The van der Waals surface area contributed by atoms with E-state index in [0.717, 1.165) is 16.7 Å². The van der Waals surface area contributed by atoms with Crippen molar-refractivity contribution in [1.29, 1.82) is 0 Å². The minimum Gasteiger partial charge on any atom is -0.369 e. The summed E-state index contributed by atoms with van der Waals surface area (Å²) in [6, 6.07) is 2.96. The van der Waals surface area contributed by atoms with Crippen molar-refractivity contribution in [3.8, 4) is 0 Å². The number of amides is 1. The van der Waals surface area contributed by atoms with Crippen molar-refractivity contribution in [2.75, 3.05) is 11.1 Å². The summed E-state index contributed by atoms with van der Waals surface area (Å²) in [5.74, 6) is -2.77. The van der Waals surface area contributed by atoms with Crippen molar-refractivity contribution in [3.05, 3.63) is 51.4 Å². The Hall–Kier alpha value is -2.77. The molecule has 1 heterocycles. The van der Waals surface area contributed by atoms with Gasteiger partial charge in [0, 0.05) is 17.3 Å². The number of carbonyl (C=O) groups is 1. The number of aryl methyl sites for hydroxylation is 1. The Bertz CT molecular complexity index is 818. The number of rotatable bonds is 4. The van der Waals surface area contributed by atoms with Gasteiger partial charge >= 0.3 is 0 Å². The van der Waals surface area contributed by atoms with Gasteiger partial charge < -0.3 is 11.1 Å². The average Bonchev–Trinajstić information content (AvgIpc) is 2.51. The van der Waals surface area contributed by atoms with Crippen LogP contribution in [0.3, 0.4) is 0 Å². The number of nitrogens with one attached hydrogen (secondary N) is 1. The predicted molar refractivity (Wildman–Crippen MR) is 82.0 cm³/mol. The Balaban J connectivity index is 2.22. The summed E-state index contributed by atoms with van der Waals surface area (Å²) < 4.78 is 27.0. The average molecular weight is 322 g/mol. The highest BCUT2D eigenvalue weighted by Gasteiger charge is 2.14. The molecule has 3 N–H and O–H groups in total. The van der Waals surface area contributed by atoms with Gasteiger partial charge in [-0.1, -0.05) is 6.92 Å². The lowest BCUT2D eigenvalue weighted by Crippen LogP contribution is -2.32. The minimum absolute atomic E-state index is 0.0714. The van der Waals surface area contributed by atoms with Crippen LogP contribution in [0.25, 0.3) is 0 Å². The molecule has 0 unspecified atom stereocenters. The molecule has 0 saturated carbocycles. The fraction of sp³-hybridized carbons (Fsp3) is 0.267. The molecule has 0 spiro atoms. The van der Waals surface area contributed by atoms with Crippen LogP contribution in [-0.4, -0.2) is 15.5 Å². The molecule has 0 fully saturated rings. The van der Waals surface area contributed by atoms with E-state index in [0.29, 0.717) is 17.7 Å². The fourth-order valence-electron chi connectivity index (χ4n) is 2.13. The van der Waals surface area contributed by atoms with E-state index >= 15 is 0 Å². The lowest BCUT2D eigenvalue weighted by molar-refractivity contribution is -0.116. The molecule has 2 aromatic rings. The van der Waals surface area contributed by atoms with Gasteiger partial charge in [-0.25, -0.2) is 13.8 Å². The third kappa shape index (κ3) is 3.53. The molecule has 0 radical (unpaired) electrons. The second kappa shape index (κ2) is 6.55. The van der Waals surface area contributed by atoms with Crippen molar-refractivity contribution < 1.29 is 13.6 Å². The van der Waals surface area contributed by atoms with E-state index in [1.165, 1.54) is 6.07 Å². The summed E-state index contributed by atoms with van der Waals surface area (Å²) >= 11 is 0. The SMILES string of the molecule is CCc1nc(N)n(CC(=O)Nc2ccc(F)c(F)c2)c(=O)c1C. The van der Waals surface area contributed by atoms with E-state index in [-0.39, 0.29) is 18.2 Å². The van der Waals surface area contributed by atoms with Crippen LogP contribution in [0.4, 0.5) is 20.4 Å². The minimum atomic E-state index is -1.08. The van der Waals surface area contributed by atoms with Crippen LogP contribution in [0.2, 0.25) is 0 Å². The van der Waals surface area contributed by atoms with E-state index < -0.39 is 23.1 Å². The summed E-state index contributed by atoms with van der Waals surface area (Å²) in [7, 11) is 0. The van der Waals surface area contributed by atoms with Gasteiger partial charge in [0.1, 0.15) is 6.54 Å². The lowest BCUT2D eigenvalue weighted by atomic mass is 10.2. The maximum Gasteiger partial charge on any atom is 0.258 e. The molecular formula is C15H16F2N4O2. The molecule has 1 aromatic carbocycles. The number of carbonyl (C=O) groups excluding carboxylic acids is 1.